The molecular weight excluding hydrogens is 471 g/mol. The van der Waals surface area contributed by atoms with Crippen LogP contribution in [-0.2, 0) is 27.7 Å². The average molecular weight is 496 g/mol. The molecule has 0 bridgehead atoms. The van der Waals surface area contributed by atoms with E-state index in [1.54, 1.807) is 0 Å². The van der Waals surface area contributed by atoms with Gasteiger partial charge in [-0.25, -0.2) is 0 Å². The second-order valence-electron chi connectivity index (χ2n) is 7.81. The molecule has 3 N–H and O–H groups in total. The minimum absolute atomic E-state index is 0.0408. The van der Waals surface area contributed by atoms with Crippen LogP contribution in [0.4, 0.5) is 13.2 Å². The molecule has 0 fully saturated rings. The summed E-state index contributed by atoms with van der Waals surface area (Å²) >= 11 is 0.946. The summed E-state index contributed by atoms with van der Waals surface area (Å²) in [4.78, 5) is 11.0. The van der Waals surface area contributed by atoms with Crippen LogP contribution < -0.4 is 10.5 Å². The molecule has 182 valence electrons. The lowest BCUT2D eigenvalue weighted by Gasteiger charge is -2.18. The van der Waals surface area contributed by atoms with Crippen LogP contribution >= 0.6 is 11.3 Å². The number of carboxylic acid groups (broad SMARTS) is 1. The van der Waals surface area contributed by atoms with E-state index in [1.165, 1.54) is 19.1 Å². The molecule has 3 aromatic rings. The number of ether oxygens (including phenoxy) is 2. The van der Waals surface area contributed by atoms with Gasteiger partial charge in [-0.05, 0) is 37.1 Å². The Morgan fingerprint density at radius 3 is 2.50 bits per heavy atom. The van der Waals surface area contributed by atoms with Crippen LogP contribution in [0.3, 0.4) is 0 Å². The van der Waals surface area contributed by atoms with E-state index in [4.69, 9.17) is 20.3 Å². The number of aliphatic carboxylic acids is 1. The first-order chi connectivity index (χ1) is 16.1. The summed E-state index contributed by atoms with van der Waals surface area (Å²) < 4.78 is 51.8. The van der Waals surface area contributed by atoms with Crippen LogP contribution in [0.5, 0.6) is 5.75 Å². The lowest BCUT2D eigenvalue weighted by molar-refractivity contribution is -0.139. The molecule has 0 unspecified atom stereocenters. The zero-order valence-electron chi connectivity index (χ0n) is 18.3. The fourth-order valence-corrected chi connectivity index (χ4v) is 4.01. The van der Waals surface area contributed by atoms with Gasteiger partial charge in [-0.3, -0.25) is 4.79 Å². The second kappa shape index (κ2) is 10.9. The van der Waals surface area contributed by atoms with E-state index in [0.717, 1.165) is 23.0 Å². The highest BCUT2D eigenvalue weighted by atomic mass is 32.1. The smallest absolute Gasteiger partial charge is 0.419 e. The summed E-state index contributed by atoms with van der Waals surface area (Å²) in [5.41, 5.74) is 5.03. The molecule has 34 heavy (non-hydrogen) atoms. The number of benzene rings is 2. The van der Waals surface area contributed by atoms with Crippen molar-refractivity contribution in [2.45, 2.75) is 31.5 Å². The number of carboxylic acids is 1. The molecule has 0 saturated heterocycles. The summed E-state index contributed by atoms with van der Waals surface area (Å²) in [6.07, 6.45) is -4.35. The van der Waals surface area contributed by atoms with Crippen molar-refractivity contribution in [3.8, 4) is 16.3 Å². The number of carbonyl (C=O) groups is 1. The van der Waals surface area contributed by atoms with Gasteiger partial charge in [-0.1, -0.05) is 41.7 Å². The molecule has 0 saturated carbocycles. The molecular formula is C23H24F3N3O4S. The van der Waals surface area contributed by atoms with Crippen molar-refractivity contribution < 1.29 is 32.5 Å². The first-order valence-corrected chi connectivity index (χ1v) is 11.2. The third-order valence-electron chi connectivity index (χ3n) is 4.83. The second-order valence-corrected chi connectivity index (χ2v) is 8.78. The number of hydrogen-bond donors (Lipinski definition) is 2. The van der Waals surface area contributed by atoms with Gasteiger partial charge < -0.3 is 20.3 Å². The average Bonchev–Trinajstić information content (AvgIpc) is 3.27. The zero-order valence-corrected chi connectivity index (χ0v) is 19.2. The molecule has 2 aromatic carbocycles. The molecule has 0 radical (unpaired) electrons. The van der Waals surface area contributed by atoms with Gasteiger partial charge in [0.05, 0.1) is 30.7 Å². The van der Waals surface area contributed by atoms with E-state index in [2.05, 4.69) is 10.2 Å². The van der Waals surface area contributed by atoms with Crippen molar-refractivity contribution in [3.05, 3.63) is 64.7 Å². The lowest BCUT2D eigenvalue weighted by atomic mass is 10.0. The Morgan fingerprint density at radius 2 is 1.82 bits per heavy atom. The highest BCUT2D eigenvalue weighted by Gasteiger charge is 2.35. The van der Waals surface area contributed by atoms with Gasteiger partial charge in [0.15, 0.2) is 0 Å². The van der Waals surface area contributed by atoms with E-state index >= 15 is 0 Å². The first-order valence-electron chi connectivity index (χ1n) is 10.4. The van der Waals surface area contributed by atoms with Crippen LogP contribution in [0.25, 0.3) is 10.6 Å². The number of nitrogens with two attached hydrogens (primary N) is 1. The summed E-state index contributed by atoms with van der Waals surface area (Å²) in [6.45, 7) is 2.01. The monoisotopic (exact) mass is 495 g/mol. The number of rotatable bonds is 11. The Hall–Kier alpha value is -3.02. The van der Waals surface area contributed by atoms with Gasteiger partial charge in [0.2, 0.25) is 0 Å². The zero-order chi connectivity index (χ0) is 24.8. The minimum atomic E-state index is -4.65. The van der Waals surface area contributed by atoms with E-state index < -0.39 is 29.7 Å². The van der Waals surface area contributed by atoms with Crippen LogP contribution in [0.15, 0.2) is 48.5 Å². The Kier molecular flexibility index (Phi) is 8.24. The van der Waals surface area contributed by atoms with Crippen LogP contribution in [0, 0.1) is 0 Å². The SMILES string of the molecule is C[C@](N)(CC(=O)O)c1nnc(-c2ccc(OCCOCCc3ccccc3)c(C(F)(F)F)c2)s1. The van der Waals surface area contributed by atoms with E-state index in [1.807, 2.05) is 30.3 Å². The normalized spacial score (nSPS) is 13.4. The molecule has 0 spiro atoms. The predicted molar refractivity (Wildman–Crippen MR) is 121 cm³/mol. The Balaban J connectivity index is 1.64. The van der Waals surface area contributed by atoms with Crippen LogP contribution in [0.2, 0.25) is 0 Å². The number of alkyl halides is 3. The third kappa shape index (κ3) is 6.99. The van der Waals surface area contributed by atoms with Crippen molar-refractivity contribution in [1.82, 2.24) is 10.2 Å². The first kappa shape index (κ1) is 25.6. The van der Waals surface area contributed by atoms with Crippen molar-refractivity contribution in [2.24, 2.45) is 5.73 Å². The van der Waals surface area contributed by atoms with Crippen molar-refractivity contribution in [2.75, 3.05) is 19.8 Å². The Morgan fingerprint density at radius 1 is 1.09 bits per heavy atom. The topological polar surface area (TPSA) is 108 Å². The molecule has 1 heterocycles. The van der Waals surface area contributed by atoms with Crippen LogP contribution in [0.1, 0.15) is 29.5 Å². The molecule has 0 amide bonds. The van der Waals surface area contributed by atoms with Gasteiger partial charge >= 0.3 is 12.1 Å². The molecule has 7 nitrogen and oxygen atoms in total. The maximum absolute atomic E-state index is 13.7. The van der Waals surface area contributed by atoms with E-state index in [0.29, 0.717) is 13.0 Å². The fraction of sp³-hybridized carbons (Fsp3) is 0.348. The quantitative estimate of drug-likeness (QED) is 0.377. The minimum Gasteiger partial charge on any atom is -0.491 e. The molecule has 0 aliphatic carbocycles. The molecule has 0 aliphatic rings. The standard InChI is InChI=1S/C23H24F3N3O4S/c1-22(27,14-19(30)31)21-29-28-20(34-21)16-7-8-18(17(13-16)23(24,25)26)33-12-11-32-10-9-15-5-3-2-4-6-15/h2-8,13H,9-12,14,27H2,1H3,(H,30,31)/t22-/m0/s1. The third-order valence-corrected chi connectivity index (χ3v) is 6.08. The number of halogens is 3. The maximum atomic E-state index is 13.7. The Bertz CT molecular complexity index is 1100. The van der Waals surface area contributed by atoms with Crippen molar-refractivity contribution >= 4 is 17.3 Å². The largest absolute Gasteiger partial charge is 0.491 e. The fourth-order valence-electron chi connectivity index (χ4n) is 3.12. The van der Waals surface area contributed by atoms with Crippen molar-refractivity contribution in [3.63, 3.8) is 0 Å². The summed E-state index contributed by atoms with van der Waals surface area (Å²) in [6, 6.07) is 13.3. The summed E-state index contributed by atoms with van der Waals surface area (Å²) in [7, 11) is 0. The van der Waals surface area contributed by atoms with Gasteiger partial charge in [0, 0.05) is 5.56 Å². The highest BCUT2D eigenvalue weighted by Crippen LogP contribution is 2.40. The molecule has 0 aliphatic heterocycles. The van der Waals surface area contributed by atoms with E-state index in [-0.39, 0.29) is 34.5 Å². The summed E-state index contributed by atoms with van der Waals surface area (Å²) in [5, 5.41) is 17.2. The van der Waals surface area contributed by atoms with Gasteiger partial charge in [0.25, 0.3) is 0 Å². The van der Waals surface area contributed by atoms with Gasteiger partial charge in [-0.2, -0.15) is 13.2 Å². The number of hydrogen-bond acceptors (Lipinski definition) is 7. The lowest BCUT2D eigenvalue weighted by Crippen LogP contribution is -2.35. The predicted octanol–water partition coefficient (Wildman–Crippen LogP) is 4.51. The summed E-state index contributed by atoms with van der Waals surface area (Å²) in [5.74, 6) is -1.44. The van der Waals surface area contributed by atoms with Gasteiger partial charge in [-0.15, -0.1) is 10.2 Å². The molecule has 1 atom stereocenters. The van der Waals surface area contributed by atoms with E-state index in [9.17, 15) is 18.0 Å². The number of nitrogens with zero attached hydrogens (tertiary/aromatic N) is 2. The molecule has 1 aromatic heterocycles. The van der Waals surface area contributed by atoms with Gasteiger partial charge in [0.1, 0.15) is 22.4 Å². The number of aromatic nitrogens is 2. The maximum Gasteiger partial charge on any atom is 0.419 e. The molecule has 3 rings (SSSR count). The highest BCUT2D eigenvalue weighted by molar-refractivity contribution is 7.14. The van der Waals surface area contributed by atoms with Crippen molar-refractivity contribution in [1.29, 1.82) is 0 Å². The van der Waals surface area contributed by atoms with Crippen LogP contribution in [-0.4, -0.2) is 41.1 Å². The molecule has 11 heteroatoms. The Labute approximate surface area is 198 Å².